The molecular formula is C21H38O4Si. The predicted octanol–water partition coefficient (Wildman–Crippen LogP) is 5.15. The molecule has 150 valence electrons. The van der Waals surface area contributed by atoms with Gasteiger partial charge in [0.2, 0.25) is 0 Å². The lowest BCUT2D eigenvalue weighted by molar-refractivity contribution is -0.131. The van der Waals surface area contributed by atoms with Crippen LogP contribution in [0.5, 0.6) is 0 Å². The van der Waals surface area contributed by atoms with Gasteiger partial charge in [-0.3, -0.25) is 0 Å². The van der Waals surface area contributed by atoms with E-state index in [0.717, 1.165) is 18.9 Å². The summed E-state index contributed by atoms with van der Waals surface area (Å²) >= 11 is 0. The first-order valence-electron chi connectivity index (χ1n) is 9.52. The number of allylic oxidation sites excluding steroid dienone is 2. The van der Waals surface area contributed by atoms with Crippen LogP contribution in [0.1, 0.15) is 61.3 Å². The van der Waals surface area contributed by atoms with Gasteiger partial charge in [0.15, 0.2) is 8.32 Å². The first kappa shape index (κ1) is 23.1. The first-order valence-corrected chi connectivity index (χ1v) is 12.4. The fourth-order valence-electron chi connectivity index (χ4n) is 3.63. The second-order valence-electron chi connectivity index (χ2n) is 10.1. The van der Waals surface area contributed by atoms with Crippen molar-refractivity contribution in [1.82, 2.24) is 0 Å². The molecule has 0 spiro atoms. The summed E-state index contributed by atoms with van der Waals surface area (Å²) in [7, 11) is -1.86. The van der Waals surface area contributed by atoms with Crippen LogP contribution >= 0.6 is 0 Å². The number of aliphatic carboxylic acids is 1. The minimum absolute atomic E-state index is 0.0231. The molecular weight excluding hydrogens is 344 g/mol. The Kier molecular flexibility index (Phi) is 6.76. The smallest absolute Gasteiger partial charge is 0.328 e. The van der Waals surface area contributed by atoms with Gasteiger partial charge in [-0.15, -0.1) is 0 Å². The average Bonchev–Trinajstić information content (AvgIpc) is 2.40. The summed E-state index contributed by atoms with van der Waals surface area (Å²) in [6.45, 7) is 19.2. The highest BCUT2D eigenvalue weighted by atomic mass is 28.4. The van der Waals surface area contributed by atoms with Crippen molar-refractivity contribution in [2.45, 2.75) is 91.1 Å². The van der Waals surface area contributed by atoms with Crippen molar-refractivity contribution < 1.29 is 19.4 Å². The summed E-state index contributed by atoms with van der Waals surface area (Å²) in [6.07, 6.45) is 6.40. The Hall–Kier alpha value is -0.913. The number of aliphatic hydroxyl groups is 1. The van der Waals surface area contributed by atoms with Crippen molar-refractivity contribution >= 4 is 14.3 Å². The fraction of sp³-hybridized carbons (Fsp3) is 0.762. The largest absolute Gasteiger partial charge is 0.478 e. The van der Waals surface area contributed by atoms with E-state index in [2.05, 4.69) is 54.6 Å². The number of carboxylic acids is 1. The Morgan fingerprint density at radius 2 is 1.81 bits per heavy atom. The molecule has 0 unspecified atom stereocenters. The summed E-state index contributed by atoms with van der Waals surface area (Å²) in [5, 5.41) is 20.4. The maximum absolute atomic E-state index is 11.4. The monoisotopic (exact) mass is 382 g/mol. The number of hydrogen-bond acceptors (Lipinski definition) is 3. The van der Waals surface area contributed by atoms with Gasteiger partial charge in [0.05, 0.1) is 5.60 Å². The van der Waals surface area contributed by atoms with Gasteiger partial charge in [0.1, 0.15) is 0 Å². The summed E-state index contributed by atoms with van der Waals surface area (Å²) in [4.78, 5) is 10.8. The third-order valence-corrected chi connectivity index (χ3v) is 10.9. The number of hydrogen-bond donors (Lipinski definition) is 2. The van der Waals surface area contributed by atoms with Crippen molar-refractivity contribution in [3.8, 4) is 0 Å². The first-order chi connectivity index (χ1) is 11.5. The molecule has 1 saturated carbocycles. The molecule has 0 saturated heterocycles. The molecule has 4 nitrogen and oxygen atoms in total. The van der Waals surface area contributed by atoms with E-state index in [-0.39, 0.29) is 22.5 Å². The van der Waals surface area contributed by atoms with Crippen molar-refractivity contribution in [3.05, 3.63) is 23.8 Å². The predicted molar refractivity (Wildman–Crippen MR) is 110 cm³/mol. The molecule has 0 heterocycles. The number of carboxylic acid groups (broad SMARTS) is 1. The van der Waals surface area contributed by atoms with E-state index >= 15 is 0 Å². The van der Waals surface area contributed by atoms with Crippen LogP contribution in [-0.2, 0) is 9.22 Å². The Labute approximate surface area is 160 Å². The molecule has 26 heavy (non-hydrogen) atoms. The summed E-state index contributed by atoms with van der Waals surface area (Å²) < 4.78 is 6.64. The van der Waals surface area contributed by atoms with E-state index in [1.807, 2.05) is 0 Å². The molecule has 0 bridgehead atoms. The van der Waals surface area contributed by atoms with Gasteiger partial charge in [0.25, 0.3) is 0 Å². The molecule has 1 aliphatic rings. The second-order valence-corrected chi connectivity index (χ2v) is 14.9. The zero-order chi connectivity index (χ0) is 20.6. The lowest BCUT2D eigenvalue weighted by Crippen LogP contribution is -2.56. The highest BCUT2D eigenvalue weighted by Gasteiger charge is 2.52. The van der Waals surface area contributed by atoms with Gasteiger partial charge in [0, 0.05) is 12.2 Å². The Morgan fingerprint density at radius 3 is 2.23 bits per heavy atom. The number of rotatable bonds is 5. The van der Waals surface area contributed by atoms with Crippen LogP contribution in [0.25, 0.3) is 0 Å². The third kappa shape index (κ3) is 5.08. The van der Waals surface area contributed by atoms with Gasteiger partial charge < -0.3 is 14.6 Å². The minimum Gasteiger partial charge on any atom is -0.478 e. The zero-order valence-corrected chi connectivity index (χ0v) is 19.0. The van der Waals surface area contributed by atoms with E-state index < -0.39 is 19.9 Å². The highest BCUT2D eigenvalue weighted by molar-refractivity contribution is 6.74. The van der Waals surface area contributed by atoms with Crippen LogP contribution < -0.4 is 0 Å². The molecule has 1 aliphatic carbocycles. The quantitative estimate of drug-likeness (QED) is 0.392. The lowest BCUT2D eigenvalue weighted by Gasteiger charge is -2.53. The molecule has 0 amide bonds. The second kappa shape index (κ2) is 7.61. The summed E-state index contributed by atoms with van der Waals surface area (Å²) in [6, 6.07) is 0. The van der Waals surface area contributed by atoms with Crippen molar-refractivity contribution in [1.29, 1.82) is 0 Å². The molecule has 1 fully saturated rings. The molecule has 0 aromatic rings. The molecule has 5 heteroatoms. The molecule has 0 aromatic carbocycles. The Bertz CT molecular complexity index is 583. The fourth-order valence-corrected chi connectivity index (χ4v) is 5.00. The topological polar surface area (TPSA) is 66.8 Å². The molecule has 3 atom stereocenters. The Balaban J connectivity index is 3.03. The Morgan fingerprint density at radius 1 is 1.27 bits per heavy atom. The van der Waals surface area contributed by atoms with Crippen LogP contribution in [0.3, 0.4) is 0 Å². The molecule has 0 aromatic heterocycles. The van der Waals surface area contributed by atoms with E-state index in [1.165, 1.54) is 0 Å². The normalized spacial score (nSPS) is 30.6. The maximum Gasteiger partial charge on any atom is 0.328 e. The van der Waals surface area contributed by atoms with E-state index in [9.17, 15) is 9.90 Å². The SMILES string of the molecule is CC(=C/C(=O)O)/C=C/[C@@]1(O)[C@@H](C)C[C@H](O[Si](C)(C)C(C)(C)C)CC1(C)C. The van der Waals surface area contributed by atoms with Crippen LogP contribution in [-0.4, -0.2) is 36.2 Å². The van der Waals surface area contributed by atoms with Crippen LogP contribution in [0, 0.1) is 11.3 Å². The minimum atomic E-state index is -1.86. The van der Waals surface area contributed by atoms with Crippen molar-refractivity contribution in [2.24, 2.45) is 11.3 Å². The molecule has 1 rings (SSSR count). The maximum atomic E-state index is 11.4. The van der Waals surface area contributed by atoms with Gasteiger partial charge in [-0.05, 0) is 54.8 Å². The van der Waals surface area contributed by atoms with E-state index in [4.69, 9.17) is 9.53 Å². The number of carbonyl (C=O) groups is 1. The van der Waals surface area contributed by atoms with Crippen molar-refractivity contribution in [3.63, 3.8) is 0 Å². The van der Waals surface area contributed by atoms with E-state index in [0.29, 0.717) is 5.57 Å². The van der Waals surface area contributed by atoms with E-state index in [1.54, 1.807) is 19.1 Å². The lowest BCUT2D eigenvalue weighted by atomic mass is 9.59. The molecule has 0 aliphatic heterocycles. The average molecular weight is 383 g/mol. The highest BCUT2D eigenvalue weighted by Crippen LogP contribution is 2.50. The van der Waals surface area contributed by atoms with Gasteiger partial charge in [-0.25, -0.2) is 4.79 Å². The van der Waals surface area contributed by atoms with Crippen LogP contribution in [0.4, 0.5) is 0 Å². The van der Waals surface area contributed by atoms with Gasteiger partial charge in [-0.1, -0.05) is 53.7 Å². The van der Waals surface area contributed by atoms with Gasteiger partial charge >= 0.3 is 5.97 Å². The molecule has 2 N–H and O–H groups in total. The third-order valence-electron chi connectivity index (χ3n) is 6.41. The molecule has 0 radical (unpaired) electrons. The van der Waals surface area contributed by atoms with Crippen LogP contribution in [0.2, 0.25) is 18.1 Å². The zero-order valence-electron chi connectivity index (χ0n) is 18.0. The standard InChI is InChI=1S/C21H38O4Si/c1-15(12-18(22)23)10-11-21(24)16(2)13-17(14-20(21,6)7)25-26(8,9)19(3,4)5/h10-12,16-17,24H,13-14H2,1-9H3,(H,22,23)/b11-10+,15-12-/t16-,17-,21+/m0/s1. The van der Waals surface area contributed by atoms with Crippen LogP contribution in [0.15, 0.2) is 23.8 Å². The summed E-state index contributed by atoms with van der Waals surface area (Å²) in [5.74, 6) is -0.951. The van der Waals surface area contributed by atoms with Crippen molar-refractivity contribution in [2.75, 3.05) is 0 Å². The summed E-state index contributed by atoms with van der Waals surface area (Å²) in [5.41, 5.74) is -0.737. The van der Waals surface area contributed by atoms with Gasteiger partial charge in [-0.2, -0.15) is 0 Å².